The first-order valence-corrected chi connectivity index (χ1v) is 5.35. The molecule has 0 aliphatic carbocycles. The fraction of sp³-hybridized carbons (Fsp3) is 0.250. The summed E-state index contributed by atoms with van der Waals surface area (Å²) in [5.74, 6) is -2.16. The zero-order valence-corrected chi connectivity index (χ0v) is 9.57. The number of hydrogen-bond acceptors (Lipinski definition) is 3. The van der Waals surface area contributed by atoms with Gasteiger partial charge in [0.25, 0.3) is 0 Å². The molecule has 102 valence electrons. The molecule has 3 N–H and O–H groups in total. The maximum Gasteiger partial charge on any atom is 0.449 e. The number of nitrogens with two attached hydrogens (primary N) is 1. The predicted octanol–water partition coefficient (Wildman–Crippen LogP) is 2.93. The lowest BCUT2D eigenvalue weighted by Gasteiger charge is -2.08. The average molecular weight is 273 g/mol. The molecule has 0 saturated carbocycles. The molecule has 1 aromatic carbocycles. The fourth-order valence-corrected chi connectivity index (χ4v) is 1.74. The van der Waals surface area contributed by atoms with Gasteiger partial charge in [-0.15, -0.1) is 0 Å². The molecule has 1 atom stereocenters. The Bertz CT molecular complexity index is 618. The van der Waals surface area contributed by atoms with Crippen molar-refractivity contribution in [1.82, 2.24) is 0 Å². The number of hydrogen-bond donors (Lipinski definition) is 2. The normalized spacial score (nSPS) is 13.7. The van der Waals surface area contributed by atoms with E-state index in [-0.39, 0.29) is 17.4 Å². The summed E-state index contributed by atoms with van der Waals surface area (Å²) < 4.78 is 42.0. The van der Waals surface area contributed by atoms with Gasteiger partial charge in [-0.25, -0.2) is 0 Å². The summed E-state index contributed by atoms with van der Waals surface area (Å²) >= 11 is 0. The van der Waals surface area contributed by atoms with Crippen molar-refractivity contribution in [2.75, 3.05) is 0 Å². The van der Waals surface area contributed by atoms with E-state index in [2.05, 4.69) is 4.42 Å². The van der Waals surface area contributed by atoms with Crippen molar-refractivity contribution in [3.05, 3.63) is 35.6 Å². The van der Waals surface area contributed by atoms with Gasteiger partial charge in [-0.05, 0) is 23.8 Å². The predicted molar refractivity (Wildman–Crippen MR) is 60.4 cm³/mol. The van der Waals surface area contributed by atoms with E-state index in [4.69, 9.17) is 10.8 Å². The van der Waals surface area contributed by atoms with Gasteiger partial charge in [-0.2, -0.15) is 13.2 Å². The molecule has 0 spiro atoms. The number of benzene rings is 1. The highest BCUT2D eigenvalue weighted by Gasteiger charge is 2.35. The summed E-state index contributed by atoms with van der Waals surface area (Å²) in [5.41, 5.74) is 6.18. The molecule has 2 aromatic rings. The van der Waals surface area contributed by atoms with Crippen LogP contribution in [0.2, 0.25) is 0 Å². The van der Waals surface area contributed by atoms with Gasteiger partial charge in [0, 0.05) is 11.4 Å². The van der Waals surface area contributed by atoms with Gasteiger partial charge in [0.15, 0.2) is 0 Å². The zero-order valence-electron chi connectivity index (χ0n) is 9.57. The lowest BCUT2D eigenvalue weighted by Crippen LogP contribution is -2.14. The summed E-state index contributed by atoms with van der Waals surface area (Å²) in [6.45, 7) is 0. The van der Waals surface area contributed by atoms with Crippen molar-refractivity contribution in [2.45, 2.75) is 18.6 Å². The molecule has 0 fully saturated rings. The molecule has 0 amide bonds. The lowest BCUT2D eigenvalue weighted by molar-refractivity contribution is -0.152. The Labute approximate surface area is 105 Å². The first kappa shape index (κ1) is 13.4. The van der Waals surface area contributed by atoms with Crippen LogP contribution >= 0.6 is 0 Å². The molecule has 0 aliphatic heterocycles. The van der Waals surface area contributed by atoms with Crippen LogP contribution in [0.4, 0.5) is 13.2 Å². The monoisotopic (exact) mass is 273 g/mol. The molecule has 4 nitrogen and oxygen atoms in total. The summed E-state index contributed by atoms with van der Waals surface area (Å²) in [5, 5.41) is 8.86. The van der Waals surface area contributed by atoms with Crippen molar-refractivity contribution in [2.24, 2.45) is 5.73 Å². The molecule has 1 aromatic heterocycles. The van der Waals surface area contributed by atoms with Gasteiger partial charge >= 0.3 is 12.1 Å². The lowest BCUT2D eigenvalue weighted by atomic mass is 10.0. The third-order valence-corrected chi connectivity index (χ3v) is 2.64. The largest absolute Gasteiger partial charge is 0.481 e. The fourth-order valence-electron chi connectivity index (χ4n) is 1.74. The summed E-state index contributed by atoms with van der Waals surface area (Å²) in [7, 11) is 0. The van der Waals surface area contributed by atoms with Crippen molar-refractivity contribution >= 4 is 16.9 Å². The van der Waals surface area contributed by atoms with Crippen molar-refractivity contribution in [3.8, 4) is 0 Å². The van der Waals surface area contributed by atoms with Crippen LogP contribution in [-0.4, -0.2) is 11.1 Å². The average Bonchev–Trinajstić information content (AvgIpc) is 2.69. The minimum absolute atomic E-state index is 0.0820. The summed E-state index contributed by atoms with van der Waals surface area (Å²) in [6.07, 6.45) is -4.85. The number of alkyl halides is 3. The van der Waals surface area contributed by atoms with E-state index in [1.807, 2.05) is 0 Å². The van der Waals surface area contributed by atoms with E-state index in [1.165, 1.54) is 18.2 Å². The van der Waals surface area contributed by atoms with Crippen LogP contribution in [0.25, 0.3) is 11.0 Å². The number of carboxylic acids is 1. The van der Waals surface area contributed by atoms with Crippen LogP contribution in [-0.2, 0) is 11.0 Å². The number of carbonyl (C=O) groups is 1. The van der Waals surface area contributed by atoms with Gasteiger partial charge in [0.1, 0.15) is 5.58 Å². The van der Waals surface area contributed by atoms with Crippen LogP contribution in [0.5, 0.6) is 0 Å². The van der Waals surface area contributed by atoms with E-state index in [9.17, 15) is 18.0 Å². The van der Waals surface area contributed by atoms with Crippen LogP contribution < -0.4 is 5.73 Å². The van der Waals surface area contributed by atoms with Crippen LogP contribution in [0.3, 0.4) is 0 Å². The Morgan fingerprint density at radius 1 is 1.37 bits per heavy atom. The molecular weight excluding hydrogens is 263 g/mol. The smallest absolute Gasteiger partial charge is 0.449 e. The van der Waals surface area contributed by atoms with E-state index in [0.717, 1.165) is 6.07 Å². The van der Waals surface area contributed by atoms with Crippen molar-refractivity contribution in [1.29, 1.82) is 0 Å². The third-order valence-electron chi connectivity index (χ3n) is 2.64. The number of fused-ring (bicyclic) bond motifs is 1. The molecule has 0 bridgehead atoms. The number of halogens is 3. The molecule has 7 heteroatoms. The quantitative estimate of drug-likeness (QED) is 0.901. The molecule has 0 aliphatic rings. The highest BCUT2D eigenvalue weighted by atomic mass is 19.4. The topological polar surface area (TPSA) is 76.5 Å². The van der Waals surface area contributed by atoms with E-state index in [1.54, 1.807) is 0 Å². The maximum atomic E-state index is 12.5. The molecule has 0 radical (unpaired) electrons. The summed E-state index contributed by atoms with van der Waals surface area (Å²) in [4.78, 5) is 10.5. The molecule has 0 saturated heterocycles. The van der Waals surface area contributed by atoms with E-state index < -0.39 is 23.9 Å². The molecular formula is C12H10F3NO3. The standard InChI is InChI=1S/C12H10F3NO3/c13-12(14,15)10-4-7-3-6(1-2-9(7)19-10)8(16)5-11(17)18/h1-4,8H,5,16H2,(H,17,18). The minimum Gasteiger partial charge on any atom is -0.481 e. The van der Waals surface area contributed by atoms with Crippen molar-refractivity contribution in [3.63, 3.8) is 0 Å². The van der Waals surface area contributed by atoms with Crippen LogP contribution in [0.15, 0.2) is 28.7 Å². The molecule has 2 rings (SSSR count). The molecule has 1 unspecified atom stereocenters. The highest BCUT2D eigenvalue weighted by Crippen LogP contribution is 2.34. The van der Waals surface area contributed by atoms with Crippen LogP contribution in [0.1, 0.15) is 23.8 Å². The Kier molecular flexibility index (Phi) is 3.23. The molecule has 1 heterocycles. The number of furan rings is 1. The number of rotatable bonds is 3. The van der Waals surface area contributed by atoms with Crippen LogP contribution in [0, 0.1) is 0 Å². The first-order valence-electron chi connectivity index (χ1n) is 5.35. The SMILES string of the molecule is NC(CC(=O)O)c1ccc2oc(C(F)(F)F)cc2c1. The van der Waals surface area contributed by atoms with Gasteiger partial charge in [0.2, 0.25) is 5.76 Å². The third kappa shape index (κ3) is 2.87. The highest BCUT2D eigenvalue weighted by molar-refractivity contribution is 5.79. The number of carboxylic acid groups (broad SMARTS) is 1. The van der Waals surface area contributed by atoms with E-state index in [0.29, 0.717) is 5.56 Å². The van der Waals surface area contributed by atoms with Crippen molar-refractivity contribution < 1.29 is 27.5 Å². The Morgan fingerprint density at radius 3 is 2.63 bits per heavy atom. The Balaban J connectivity index is 2.38. The summed E-state index contributed by atoms with van der Waals surface area (Å²) in [6, 6.07) is 4.31. The first-order chi connectivity index (χ1) is 8.77. The Morgan fingerprint density at radius 2 is 2.05 bits per heavy atom. The van der Waals surface area contributed by atoms with Gasteiger partial charge < -0.3 is 15.3 Å². The van der Waals surface area contributed by atoms with Gasteiger partial charge in [-0.1, -0.05) is 6.07 Å². The second-order valence-electron chi connectivity index (χ2n) is 4.11. The second kappa shape index (κ2) is 4.58. The second-order valence-corrected chi connectivity index (χ2v) is 4.11. The maximum absolute atomic E-state index is 12.5. The Hall–Kier alpha value is -2.02. The van der Waals surface area contributed by atoms with E-state index >= 15 is 0 Å². The number of aliphatic carboxylic acids is 1. The van der Waals surface area contributed by atoms with Gasteiger partial charge in [0.05, 0.1) is 6.42 Å². The zero-order chi connectivity index (χ0) is 14.2. The van der Waals surface area contributed by atoms with Gasteiger partial charge in [-0.3, -0.25) is 4.79 Å². The minimum atomic E-state index is -4.55. The molecule has 19 heavy (non-hydrogen) atoms.